The van der Waals surface area contributed by atoms with Crippen LogP contribution in [0.3, 0.4) is 0 Å². The number of amides is 1. The van der Waals surface area contributed by atoms with Crippen molar-refractivity contribution in [3.05, 3.63) is 71.0 Å². The van der Waals surface area contributed by atoms with E-state index in [9.17, 15) is 4.79 Å². The molecule has 2 aromatic carbocycles. The molecule has 3 aromatic rings. The van der Waals surface area contributed by atoms with Gasteiger partial charge in [-0.25, -0.2) is 4.98 Å². The predicted octanol–water partition coefficient (Wildman–Crippen LogP) is 4.00. The number of carbonyl (C=O) groups excluding carboxylic acids is 1. The van der Waals surface area contributed by atoms with Gasteiger partial charge in [-0.3, -0.25) is 9.89 Å². The van der Waals surface area contributed by atoms with Crippen molar-refractivity contribution in [3.8, 4) is 0 Å². The van der Waals surface area contributed by atoms with Gasteiger partial charge >= 0.3 is 0 Å². The maximum atomic E-state index is 12.3. The normalized spacial score (nSPS) is 10.5. The number of anilines is 1. The average molecular weight is 345 g/mol. The molecule has 116 valence electrons. The molecule has 23 heavy (non-hydrogen) atoms. The highest BCUT2D eigenvalue weighted by atomic mass is 35.5. The number of halogens is 1. The Bertz CT molecular complexity index is 790. The van der Waals surface area contributed by atoms with Crippen molar-refractivity contribution in [2.75, 3.05) is 5.32 Å². The SMILES string of the molecule is O=C(Nc1ccc(Cl)cc1)c1cccc(CSc2ncn[nH]2)c1. The Morgan fingerprint density at radius 1 is 1.22 bits per heavy atom. The van der Waals surface area contributed by atoms with Crippen molar-refractivity contribution in [2.24, 2.45) is 0 Å². The molecule has 7 heteroatoms. The summed E-state index contributed by atoms with van der Waals surface area (Å²) < 4.78 is 0. The Balaban J connectivity index is 1.66. The van der Waals surface area contributed by atoms with E-state index in [1.165, 1.54) is 18.1 Å². The first-order valence-electron chi connectivity index (χ1n) is 6.85. The fraction of sp³-hybridized carbons (Fsp3) is 0.0625. The predicted molar refractivity (Wildman–Crippen MR) is 91.8 cm³/mol. The summed E-state index contributed by atoms with van der Waals surface area (Å²) in [5.74, 6) is 0.552. The first kappa shape index (κ1) is 15.6. The van der Waals surface area contributed by atoms with Crippen molar-refractivity contribution >= 4 is 35.0 Å². The van der Waals surface area contributed by atoms with E-state index >= 15 is 0 Å². The van der Waals surface area contributed by atoms with Gasteiger partial charge in [0.1, 0.15) is 6.33 Å². The summed E-state index contributed by atoms with van der Waals surface area (Å²) in [6, 6.07) is 14.5. The zero-order chi connectivity index (χ0) is 16.1. The maximum Gasteiger partial charge on any atom is 0.255 e. The lowest BCUT2D eigenvalue weighted by Gasteiger charge is -2.07. The van der Waals surface area contributed by atoms with E-state index in [0.29, 0.717) is 22.0 Å². The molecule has 0 spiro atoms. The average Bonchev–Trinajstić information content (AvgIpc) is 3.09. The minimum absolute atomic E-state index is 0.154. The molecule has 0 radical (unpaired) electrons. The molecular weight excluding hydrogens is 332 g/mol. The molecule has 3 rings (SSSR count). The number of nitrogens with zero attached hydrogens (tertiary/aromatic N) is 2. The van der Waals surface area contributed by atoms with E-state index in [-0.39, 0.29) is 5.91 Å². The Morgan fingerprint density at radius 3 is 2.78 bits per heavy atom. The second kappa shape index (κ2) is 7.30. The number of nitrogens with one attached hydrogen (secondary N) is 2. The largest absolute Gasteiger partial charge is 0.322 e. The molecule has 2 N–H and O–H groups in total. The summed E-state index contributed by atoms with van der Waals surface area (Å²) in [4.78, 5) is 16.4. The van der Waals surface area contributed by atoms with Gasteiger partial charge in [-0.1, -0.05) is 35.5 Å². The van der Waals surface area contributed by atoms with Crippen LogP contribution < -0.4 is 5.32 Å². The van der Waals surface area contributed by atoms with Crippen LogP contribution in [0.5, 0.6) is 0 Å². The molecular formula is C16H13ClN4OS. The Morgan fingerprint density at radius 2 is 2.04 bits per heavy atom. The monoisotopic (exact) mass is 344 g/mol. The van der Waals surface area contributed by atoms with Gasteiger partial charge in [-0.15, -0.1) is 0 Å². The number of thioether (sulfide) groups is 1. The molecule has 5 nitrogen and oxygen atoms in total. The first-order valence-corrected chi connectivity index (χ1v) is 8.21. The molecule has 0 fully saturated rings. The highest BCUT2D eigenvalue weighted by Crippen LogP contribution is 2.20. The van der Waals surface area contributed by atoms with E-state index in [1.54, 1.807) is 30.3 Å². The number of rotatable bonds is 5. The van der Waals surface area contributed by atoms with Crippen molar-refractivity contribution in [3.63, 3.8) is 0 Å². The Hall–Kier alpha value is -2.31. The summed E-state index contributed by atoms with van der Waals surface area (Å²) in [6.45, 7) is 0. The number of aromatic nitrogens is 3. The van der Waals surface area contributed by atoms with E-state index in [1.807, 2.05) is 18.2 Å². The van der Waals surface area contributed by atoms with Gasteiger partial charge in [0.2, 0.25) is 0 Å². The van der Waals surface area contributed by atoms with Crippen LogP contribution in [0.25, 0.3) is 0 Å². The highest BCUT2D eigenvalue weighted by molar-refractivity contribution is 7.98. The van der Waals surface area contributed by atoms with Gasteiger partial charge in [0.25, 0.3) is 5.91 Å². The second-order valence-corrected chi connectivity index (χ2v) is 6.14. The molecule has 1 aromatic heterocycles. The smallest absolute Gasteiger partial charge is 0.255 e. The minimum atomic E-state index is -0.154. The van der Waals surface area contributed by atoms with Gasteiger partial charge in [0.15, 0.2) is 5.16 Å². The van der Waals surface area contributed by atoms with Crippen LogP contribution in [-0.2, 0) is 5.75 Å². The molecule has 0 aliphatic heterocycles. The van der Waals surface area contributed by atoms with E-state index in [2.05, 4.69) is 20.5 Å². The number of hydrogen-bond acceptors (Lipinski definition) is 4. The fourth-order valence-electron chi connectivity index (χ4n) is 1.95. The molecule has 0 aliphatic carbocycles. The van der Waals surface area contributed by atoms with Gasteiger partial charge in [0.05, 0.1) is 0 Å². The van der Waals surface area contributed by atoms with Crippen LogP contribution in [0, 0.1) is 0 Å². The molecule has 1 amide bonds. The first-order chi connectivity index (χ1) is 11.2. The quantitative estimate of drug-likeness (QED) is 0.686. The van der Waals surface area contributed by atoms with Crippen LogP contribution in [0.2, 0.25) is 5.02 Å². The summed E-state index contributed by atoms with van der Waals surface area (Å²) in [7, 11) is 0. The van der Waals surface area contributed by atoms with E-state index < -0.39 is 0 Å². The fourth-order valence-corrected chi connectivity index (χ4v) is 2.80. The van der Waals surface area contributed by atoms with Gasteiger partial charge in [0, 0.05) is 22.0 Å². The van der Waals surface area contributed by atoms with Gasteiger partial charge < -0.3 is 5.32 Å². The molecule has 1 heterocycles. The van der Waals surface area contributed by atoms with E-state index in [4.69, 9.17) is 11.6 Å². The van der Waals surface area contributed by atoms with Crippen LogP contribution in [0.1, 0.15) is 15.9 Å². The molecule has 0 bridgehead atoms. The lowest BCUT2D eigenvalue weighted by atomic mass is 10.1. The molecule has 0 saturated carbocycles. The summed E-state index contributed by atoms with van der Waals surface area (Å²) in [5, 5.41) is 10.8. The number of aromatic amines is 1. The number of carbonyl (C=O) groups is 1. The number of benzene rings is 2. The zero-order valence-corrected chi connectivity index (χ0v) is 13.6. The van der Waals surface area contributed by atoms with Crippen molar-refractivity contribution < 1.29 is 4.79 Å². The van der Waals surface area contributed by atoms with Crippen molar-refractivity contribution in [2.45, 2.75) is 10.9 Å². The third kappa shape index (κ3) is 4.34. The summed E-state index contributed by atoms with van der Waals surface area (Å²) in [5.41, 5.74) is 2.35. The summed E-state index contributed by atoms with van der Waals surface area (Å²) in [6.07, 6.45) is 1.47. The van der Waals surface area contributed by atoms with Crippen LogP contribution >= 0.6 is 23.4 Å². The molecule has 0 unspecified atom stereocenters. The van der Waals surface area contributed by atoms with Crippen molar-refractivity contribution in [1.29, 1.82) is 0 Å². The van der Waals surface area contributed by atoms with Crippen LogP contribution in [-0.4, -0.2) is 21.1 Å². The third-order valence-electron chi connectivity index (χ3n) is 3.06. The number of hydrogen-bond donors (Lipinski definition) is 2. The zero-order valence-electron chi connectivity index (χ0n) is 12.0. The maximum absolute atomic E-state index is 12.3. The van der Waals surface area contributed by atoms with Crippen LogP contribution in [0.4, 0.5) is 5.69 Å². The lowest BCUT2D eigenvalue weighted by molar-refractivity contribution is 0.102. The van der Waals surface area contributed by atoms with Gasteiger partial charge in [-0.05, 0) is 42.0 Å². The molecule has 0 aliphatic rings. The summed E-state index contributed by atoms with van der Waals surface area (Å²) >= 11 is 7.37. The highest BCUT2D eigenvalue weighted by Gasteiger charge is 2.07. The topological polar surface area (TPSA) is 70.7 Å². The Labute approximate surface area is 142 Å². The lowest BCUT2D eigenvalue weighted by Crippen LogP contribution is -2.11. The van der Waals surface area contributed by atoms with Gasteiger partial charge in [-0.2, -0.15) is 5.10 Å². The molecule has 0 saturated heterocycles. The van der Waals surface area contributed by atoms with Crippen molar-refractivity contribution in [1.82, 2.24) is 15.2 Å². The van der Waals surface area contributed by atoms with Crippen LogP contribution in [0.15, 0.2) is 60.0 Å². The second-order valence-electron chi connectivity index (χ2n) is 4.74. The standard InChI is InChI=1S/C16H13ClN4OS/c17-13-4-6-14(7-5-13)20-15(22)12-3-1-2-11(8-12)9-23-16-18-10-19-21-16/h1-8,10H,9H2,(H,20,22)(H,18,19,21). The Kier molecular flexibility index (Phi) is 4.95. The number of H-pyrrole nitrogens is 1. The van der Waals surface area contributed by atoms with E-state index in [0.717, 1.165) is 10.7 Å². The molecule has 0 atom stereocenters. The minimum Gasteiger partial charge on any atom is -0.322 e. The third-order valence-corrected chi connectivity index (χ3v) is 4.26.